The molecule has 0 saturated heterocycles. The lowest BCUT2D eigenvalue weighted by molar-refractivity contribution is 0.122. The minimum atomic E-state index is 0.0814. The van der Waals surface area contributed by atoms with E-state index in [1.807, 2.05) is 6.92 Å². The predicted molar refractivity (Wildman–Crippen MR) is 97.6 cm³/mol. The Morgan fingerprint density at radius 3 is 2.76 bits per heavy atom. The van der Waals surface area contributed by atoms with Crippen LogP contribution in [0.3, 0.4) is 0 Å². The minimum absolute atomic E-state index is 0.0814. The normalized spacial score (nSPS) is 43.4. The minimum Gasteiger partial charge on any atom is -0.397 e. The maximum Gasteiger partial charge on any atom is 0.139 e. The summed E-state index contributed by atoms with van der Waals surface area (Å²) in [5.74, 6) is 3.55. The summed E-state index contributed by atoms with van der Waals surface area (Å²) in [5, 5.41) is 3.32. The monoisotopic (exact) mass is 307 g/mol. The van der Waals surface area contributed by atoms with Gasteiger partial charge in [0, 0.05) is 5.54 Å². The molecule has 0 amide bonds. The smallest absolute Gasteiger partial charge is 0.139 e. The van der Waals surface area contributed by atoms with Crippen molar-refractivity contribution in [3.8, 4) is 0 Å². The lowest BCUT2D eigenvalue weighted by Crippen LogP contribution is -2.57. The Morgan fingerprint density at radius 1 is 1.52 bits per heavy atom. The summed E-state index contributed by atoms with van der Waals surface area (Å²) in [4.78, 5) is 0. The van der Waals surface area contributed by atoms with Crippen molar-refractivity contribution in [2.45, 2.75) is 64.0 Å². The molecule has 21 heavy (non-hydrogen) atoms. The highest BCUT2D eigenvalue weighted by molar-refractivity contribution is 7.17. The third-order valence-corrected chi connectivity index (χ3v) is 7.21. The molecule has 2 saturated carbocycles. The Morgan fingerprint density at radius 2 is 2.19 bits per heavy atom. The summed E-state index contributed by atoms with van der Waals surface area (Å²) in [6.45, 7) is 13.0. The molecule has 3 N–H and O–H groups in total. The van der Waals surface area contributed by atoms with Crippen molar-refractivity contribution < 1.29 is 0 Å². The molecule has 1 radical (unpaired) electrons. The highest BCUT2D eigenvalue weighted by atomic mass is 31.0. The average Bonchev–Trinajstić information content (AvgIpc) is 2.56. The van der Waals surface area contributed by atoms with Crippen molar-refractivity contribution in [1.29, 1.82) is 0 Å². The highest BCUT2D eigenvalue weighted by Crippen LogP contribution is 2.58. The van der Waals surface area contributed by atoms with Crippen LogP contribution in [-0.4, -0.2) is 24.9 Å². The topological polar surface area (TPSA) is 38.0 Å². The van der Waals surface area contributed by atoms with Gasteiger partial charge in [-0.25, -0.2) is 0 Å². The van der Waals surface area contributed by atoms with E-state index >= 15 is 0 Å². The molecule has 0 spiro atoms. The van der Waals surface area contributed by atoms with Crippen LogP contribution in [0.2, 0.25) is 5.82 Å². The second kappa shape index (κ2) is 6.63. The molecule has 2 rings (SSSR count). The van der Waals surface area contributed by atoms with Crippen molar-refractivity contribution in [1.82, 2.24) is 5.32 Å². The van der Waals surface area contributed by atoms with Gasteiger partial charge in [0.25, 0.3) is 0 Å². The fourth-order valence-corrected chi connectivity index (χ4v) is 6.35. The van der Waals surface area contributed by atoms with Crippen molar-refractivity contribution in [2.24, 2.45) is 29.4 Å². The van der Waals surface area contributed by atoms with Gasteiger partial charge >= 0.3 is 0 Å². The number of nitrogens with one attached hydrogen (secondary N) is 1. The second-order valence-electron chi connectivity index (χ2n) is 7.63. The van der Waals surface area contributed by atoms with Gasteiger partial charge in [0.1, 0.15) is 7.28 Å². The molecular formula is C17H33BN2P. The quantitative estimate of drug-likeness (QED) is 0.584. The zero-order valence-corrected chi connectivity index (χ0v) is 15.4. The van der Waals surface area contributed by atoms with E-state index in [-0.39, 0.29) is 5.54 Å². The maximum atomic E-state index is 6.84. The third-order valence-electron chi connectivity index (χ3n) is 6.30. The Hall–Kier alpha value is -0.00506. The summed E-state index contributed by atoms with van der Waals surface area (Å²) in [6, 6.07) is 0. The zero-order chi connectivity index (χ0) is 15.8. The molecule has 2 nitrogen and oxygen atoms in total. The van der Waals surface area contributed by atoms with Crippen molar-refractivity contribution in [3.63, 3.8) is 0 Å². The summed E-state index contributed by atoms with van der Waals surface area (Å²) in [7, 11) is 5.59. The Kier molecular flexibility index (Phi) is 5.48. The first-order valence-electron chi connectivity index (χ1n) is 8.58. The molecule has 119 valence electrons. The second-order valence-corrected chi connectivity index (χ2v) is 8.40. The summed E-state index contributed by atoms with van der Waals surface area (Å²) in [6.07, 6.45) is 4.67. The summed E-state index contributed by atoms with van der Waals surface area (Å²) >= 11 is 0. The molecule has 0 aromatic carbocycles. The number of rotatable bonds is 6. The predicted octanol–water partition coefficient (Wildman–Crippen LogP) is 3.22. The van der Waals surface area contributed by atoms with Crippen LogP contribution in [0.25, 0.3) is 0 Å². The molecule has 2 aliphatic carbocycles. The average molecular weight is 307 g/mol. The Balaban J connectivity index is 2.03. The number of fused-ring (bicyclic) bond motifs is 2. The van der Waals surface area contributed by atoms with E-state index in [4.69, 9.17) is 5.73 Å². The van der Waals surface area contributed by atoms with Crippen LogP contribution in [0.4, 0.5) is 0 Å². The van der Waals surface area contributed by atoms with Gasteiger partial charge in [-0.1, -0.05) is 33.2 Å². The maximum absolute atomic E-state index is 6.84. The van der Waals surface area contributed by atoms with E-state index in [1.165, 1.54) is 12.8 Å². The molecule has 0 aliphatic heterocycles. The molecule has 0 aromatic heterocycles. The van der Waals surface area contributed by atoms with Gasteiger partial charge in [0.2, 0.25) is 0 Å². The van der Waals surface area contributed by atoms with Gasteiger partial charge in [-0.2, -0.15) is 0 Å². The molecule has 2 fully saturated rings. The fourth-order valence-electron chi connectivity index (χ4n) is 5.11. The van der Waals surface area contributed by atoms with E-state index in [1.54, 1.807) is 0 Å². The largest absolute Gasteiger partial charge is 0.397 e. The molecule has 0 heterocycles. The molecular weight excluding hydrogens is 274 g/mol. The Labute approximate surface area is 134 Å². The SMILES string of the molecule is C=C(C)NC[B]C(C)C1C[C@@H]2C[C@H](C)C(C1P)C2(N)CC. The molecule has 2 bridgehead atoms. The number of hydrogen-bond acceptors (Lipinski definition) is 2. The highest BCUT2D eigenvalue weighted by Gasteiger charge is 2.57. The molecule has 6 unspecified atom stereocenters. The zero-order valence-electron chi connectivity index (χ0n) is 14.2. The molecule has 0 aromatic rings. The number of hydrogen-bond donors (Lipinski definition) is 2. The van der Waals surface area contributed by atoms with Crippen LogP contribution >= 0.6 is 9.24 Å². The molecule has 4 heteroatoms. The van der Waals surface area contributed by atoms with E-state index in [0.29, 0.717) is 23.3 Å². The third kappa shape index (κ3) is 3.20. The van der Waals surface area contributed by atoms with Gasteiger partial charge < -0.3 is 11.1 Å². The van der Waals surface area contributed by atoms with E-state index < -0.39 is 0 Å². The fraction of sp³-hybridized carbons (Fsp3) is 0.882. The van der Waals surface area contributed by atoms with Crippen LogP contribution in [-0.2, 0) is 0 Å². The van der Waals surface area contributed by atoms with Gasteiger partial charge in [0.05, 0.1) is 0 Å². The van der Waals surface area contributed by atoms with Crippen LogP contribution < -0.4 is 11.1 Å². The van der Waals surface area contributed by atoms with Crippen LogP contribution in [0.1, 0.15) is 47.0 Å². The lowest BCUT2D eigenvalue weighted by atomic mass is 9.53. The number of allylic oxidation sites excluding steroid dienone is 1. The van der Waals surface area contributed by atoms with Gasteiger partial charge in [0.15, 0.2) is 0 Å². The van der Waals surface area contributed by atoms with E-state index in [2.05, 4.69) is 49.2 Å². The van der Waals surface area contributed by atoms with E-state index in [0.717, 1.165) is 30.4 Å². The molecule has 8 atom stereocenters. The molecule has 2 aliphatic rings. The van der Waals surface area contributed by atoms with Crippen LogP contribution in [0.5, 0.6) is 0 Å². The summed E-state index contributed by atoms with van der Waals surface area (Å²) in [5.41, 5.74) is 8.62. The lowest BCUT2D eigenvalue weighted by Gasteiger charge is -2.50. The first-order valence-corrected chi connectivity index (χ1v) is 9.25. The first-order chi connectivity index (χ1) is 9.81. The summed E-state index contributed by atoms with van der Waals surface area (Å²) < 4.78 is 0. The Bertz CT molecular complexity index is 389. The van der Waals surface area contributed by atoms with Gasteiger partial charge in [-0.3, -0.25) is 0 Å². The van der Waals surface area contributed by atoms with E-state index in [9.17, 15) is 0 Å². The van der Waals surface area contributed by atoms with Crippen molar-refractivity contribution in [2.75, 3.05) is 6.44 Å². The van der Waals surface area contributed by atoms with Crippen molar-refractivity contribution >= 4 is 16.5 Å². The van der Waals surface area contributed by atoms with Crippen molar-refractivity contribution in [3.05, 3.63) is 12.3 Å². The van der Waals surface area contributed by atoms with Crippen LogP contribution in [0, 0.1) is 23.7 Å². The standard InChI is InChI=1S/C17H33BN2P/c1-6-17(19)13-7-11(4)15(17)16(21)14(8-13)12(5)18-9-20-10(2)3/h11-16,20H,2,6-9,19,21H2,1,3-5H3/t11-,12?,13-,14?,15?,16?,17?/m0/s1. The van der Waals surface area contributed by atoms with Crippen LogP contribution in [0.15, 0.2) is 12.3 Å². The van der Waals surface area contributed by atoms with Gasteiger partial charge in [-0.05, 0) is 67.7 Å². The first kappa shape index (κ1) is 17.4. The number of nitrogens with two attached hydrogens (primary N) is 1. The van der Waals surface area contributed by atoms with Gasteiger partial charge in [-0.15, -0.1) is 9.24 Å².